The van der Waals surface area contributed by atoms with Crippen LogP contribution in [-0.2, 0) is 0 Å². The van der Waals surface area contributed by atoms with Crippen LogP contribution < -0.4 is 4.90 Å². The standard InChI is InChI=1S/C40H28FN/c41-35-22-25-39-34(27-35)26-33(28-40(39)32-10-4-1-5-11-32)31-18-16-29(17-19-31)30-20-23-38(24-21-30)42(36-12-6-2-7-13-36)37-14-8-3-9-15-37/h1-28H. The third-order valence-electron chi connectivity index (χ3n) is 7.71. The topological polar surface area (TPSA) is 3.24 Å². The van der Waals surface area contributed by atoms with Crippen LogP contribution in [0.5, 0.6) is 0 Å². The third-order valence-corrected chi connectivity index (χ3v) is 7.71. The zero-order valence-electron chi connectivity index (χ0n) is 23.0. The molecule has 0 aliphatic carbocycles. The summed E-state index contributed by atoms with van der Waals surface area (Å²) in [6.07, 6.45) is 0. The minimum Gasteiger partial charge on any atom is -0.311 e. The van der Waals surface area contributed by atoms with Crippen molar-refractivity contribution in [2.75, 3.05) is 4.90 Å². The van der Waals surface area contributed by atoms with Crippen molar-refractivity contribution in [1.29, 1.82) is 0 Å². The molecule has 0 aromatic heterocycles. The summed E-state index contributed by atoms with van der Waals surface area (Å²) < 4.78 is 14.2. The van der Waals surface area contributed by atoms with E-state index >= 15 is 0 Å². The van der Waals surface area contributed by atoms with E-state index in [1.54, 1.807) is 6.07 Å². The average Bonchev–Trinajstić information content (AvgIpc) is 3.06. The van der Waals surface area contributed by atoms with Gasteiger partial charge in [0.05, 0.1) is 0 Å². The van der Waals surface area contributed by atoms with Gasteiger partial charge in [0.2, 0.25) is 0 Å². The summed E-state index contributed by atoms with van der Waals surface area (Å²) in [6.45, 7) is 0. The van der Waals surface area contributed by atoms with Gasteiger partial charge in [0.15, 0.2) is 0 Å². The second-order valence-electron chi connectivity index (χ2n) is 10.4. The molecule has 0 aliphatic rings. The Morgan fingerprint density at radius 1 is 0.357 bits per heavy atom. The van der Waals surface area contributed by atoms with Crippen molar-refractivity contribution in [3.63, 3.8) is 0 Å². The largest absolute Gasteiger partial charge is 0.311 e. The Bertz CT molecular complexity index is 1910. The van der Waals surface area contributed by atoms with Gasteiger partial charge in [0.1, 0.15) is 5.82 Å². The molecule has 42 heavy (non-hydrogen) atoms. The number of nitrogens with zero attached hydrogens (tertiary/aromatic N) is 1. The molecular weight excluding hydrogens is 513 g/mol. The van der Waals surface area contributed by atoms with Crippen molar-refractivity contribution >= 4 is 27.8 Å². The summed E-state index contributed by atoms with van der Waals surface area (Å²) in [5.74, 6) is -0.226. The number of anilines is 3. The number of hydrogen-bond acceptors (Lipinski definition) is 1. The van der Waals surface area contributed by atoms with Crippen molar-refractivity contribution < 1.29 is 4.39 Å². The van der Waals surface area contributed by atoms with Crippen LogP contribution in [0.25, 0.3) is 44.2 Å². The molecule has 0 atom stereocenters. The Morgan fingerprint density at radius 3 is 1.40 bits per heavy atom. The molecule has 0 amide bonds. The van der Waals surface area contributed by atoms with Crippen LogP contribution in [0.2, 0.25) is 0 Å². The summed E-state index contributed by atoms with van der Waals surface area (Å²) in [6, 6.07) is 57.8. The highest BCUT2D eigenvalue weighted by atomic mass is 19.1. The molecule has 0 radical (unpaired) electrons. The van der Waals surface area contributed by atoms with Crippen molar-refractivity contribution in [1.82, 2.24) is 0 Å². The zero-order valence-corrected chi connectivity index (χ0v) is 23.0. The van der Waals surface area contributed by atoms with Gasteiger partial charge in [-0.25, -0.2) is 4.39 Å². The summed E-state index contributed by atoms with van der Waals surface area (Å²) in [5, 5.41) is 1.94. The first kappa shape index (κ1) is 25.5. The molecule has 7 rings (SSSR count). The van der Waals surface area contributed by atoms with Gasteiger partial charge in [-0.1, -0.05) is 109 Å². The number of para-hydroxylation sites is 2. The smallest absolute Gasteiger partial charge is 0.123 e. The van der Waals surface area contributed by atoms with Crippen LogP contribution in [-0.4, -0.2) is 0 Å². The molecule has 7 aromatic rings. The lowest BCUT2D eigenvalue weighted by Gasteiger charge is -2.25. The van der Waals surface area contributed by atoms with E-state index in [2.05, 4.69) is 126 Å². The Labute approximate surface area is 245 Å². The maximum atomic E-state index is 14.2. The average molecular weight is 542 g/mol. The molecule has 2 heteroatoms. The summed E-state index contributed by atoms with van der Waals surface area (Å²) in [4.78, 5) is 2.26. The SMILES string of the molecule is Fc1ccc2c(-c3ccccc3)cc(-c3ccc(-c4ccc(N(c5ccccc5)c5ccccc5)cc4)cc3)cc2c1. The van der Waals surface area contributed by atoms with Crippen LogP contribution in [0.1, 0.15) is 0 Å². The van der Waals surface area contributed by atoms with Crippen LogP contribution >= 0.6 is 0 Å². The van der Waals surface area contributed by atoms with E-state index in [4.69, 9.17) is 0 Å². The Hall–Kier alpha value is -5.47. The molecule has 0 heterocycles. The van der Waals surface area contributed by atoms with Gasteiger partial charge in [-0.15, -0.1) is 0 Å². The van der Waals surface area contributed by atoms with E-state index in [0.29, 0.717) is 0 Å². The molecule has 0 aliphatic heterocycles. The zero-order chi connectivity index (χ0) is 28.3. The first-order valence-corrected chi connectivity index (χ1v) is 14.1. The number of rotatable bonds is 6. The Morgan fingerprint density at radius 2 is 0.833 bits per heavy atom. The van der Waals surface area contributed by atoms with Gasteiger partial charge in [-0.3, -0.25) is 0 Å². The molecule has 0 bridgehead atoms. The van der Waals surface area contributed by atoms with E-state index in [0.717, 1.165) is 61.2 Å². The van der Waals surface area contributed by atoms with Gasteiger partial charge in [-0.2, -0.15) is 0 Å². The van der Waals surface area contributed by atoms with Crippen molar-refractivity contribution in [2.45, 2.75) is 0 Å². The van der Waals surface area contributed by atoms with Gasteiger partial charge in [0.25, 0.3) is 0 Å². The quantitative estimate of drug-likeness (QED) is 0.202. The second-order valence-corrected chi connectivity index (χ2v) is 10.4. The first-order chi connectivity index (χ1) is 20.7. The molecule has 0 spiro atoms. The minimum absolute atomic E-state index is 0.226. The van der Waals surface area contributed by atoms with Crippen LogP contribution in [0.3, 0.4) is 0 Å². The predicted octanol–water partition coefficient (Wildman–Crippen LogP) is 11.4. The molecular formula is C40H28FN. The molecule has 200 valence electrons. The highest BCUT2D eigenvalue weighted by Crippen LogP contribution is 2.37. The fourth-order valence-corrected chi connectivity index (χ4v) is 5.62. The van der Waals surface area contributed by atoms with Crippen LogP contribution in [0, 0.1) is 5.82 Å². The van der Waals surface area contributed by atoms with Gasteiger partial charge in [-0.05, 0) is 105 Å². The van der Waals surface area contributed by atoms with Crippen molar-refractivity contribution in [3.8, 4) is 33.4 Å². The monoisotopic (exact) mass is 541 g/mol. The normalized spacial score (nSPS) is 11.0. The fourth-order valence-electron chi connectivity index (χ4n) is 5.62. The molecule has 0 N–H and O–H groups in total. The summed E-state index contributed by atoms with van der Waals surface area (Å²) >= 11 is 0. The number of halogens is 1. The second kappa shape index (κ2) is 11.2. The van der Waals surface area contributed by atoms with Crippen LogP contribution in [0.15, 0.2) is 170 Å². The summed E-state index contributed by atoms with van der Waals surface area (Å²) in [7, 11) is 0. The van der Waals surface area contributed by atoms with Crippen LogP contribution in [0.4, 0.5) is 21.5 Å². The molecule has 0 unspecified atom stereocenters. The number of fused-ring (bicyclic) bond motifs is 1. The maximum absolute atomic E-state index is 14.2. The predicted molar refractivity (Wildman–Crippen MR) is 175 cm³/mol. The Balaban J connectivity index is 1.22. The summed E-state index contributed by atoms with van der Waals surface area (Å²) in [5.41, 5.74) is 10.0. The molecule has 0 fully saturated rings. The minimum atomic E-state index is -0.226. The van der Waals surface area contributed by atoms with Crippen molar-refractivity contribution in [3.05, 3.63) is 176 Å². The molecule has 0 saturated carbocycles. The molecule has 1 nitrogen and oxygen atoms in total. The van der Waals surface area contributed by atoms with E-state index in [-0.39, 0.29) is 5.82 Å². The highest BCUT2D eigenvalue weighted by molar-refractivity contribution is 6.00. The van der Waals surface area contributed by atoms with E-state index in [9.17, 15) is 4.39 Å². The fraction of sp³-hybridized carbons (Fsp3) is 0. The lowest BCUT2D eigenvalue weighted by Crippen LogP contribution is -2.09. The number of hydrogen-bond donors (Lipinski definition) is 0. The lowest BCUT2D eigenvalue weighted by atomic mass is 9.92. The Kier molecular flexibility index (Phi) is 6.79. The highest BCUT2D eigenvalue weighted by Gasteiger charge is 2.13. The van der Waals surface area contributed by atoms with Crippen molar-refractivity contribution in [2.24, 2.45) is 0 Å². The first-order valence-electron chi connectivity index (χ1n) is 14.1. The van der Waals surface area contributed by atoms with Gasteiger partial charge in [0, 0.05) is 17.1 Å². The molecule has 0 saturated heterocycles. The van der Waals surface area contributed by atoms with E-state index in [1.165, 1.54) is 6.07 Å². The molecule has 7 aromatic carbocycles. The lowest BCUT2D eigenvalue weighted by molar-refractivity contribution is 0.630. The maximum Gasteiger partial charge on any atom is 0.123 e. The van der Waals surface area contributed by atoms with E-state index in [1.807, 2.05) is 36.4 Å². The van der Waals surface area contributed by atoms with Gasteiger partial charge >= 0.3 is 0 Å². The third kappa shape index (κ3) is 5.07. The number of benzene rings is 7. The van der Waals surface area contributed by atoms with E-state index < -0.39 is 0 Å². The van der Waals surface area contributed by atoms with Gasteiger partial charge < -0.3 is 4.90 Å².